The van der Waals surface area contributed by atoms with Gasteiger partial charge in [-0.3, -0.25) is 4.79 Å². The van der Waals surface area contributed by atoms with Crippen molar-refractivity contribution in [1.29, 1.82) is 0 Å². The molecule has 3 N–H and O–H groups in total. The minimum atomic E-state index is -0.221. The molecule has 76 valence electrons. The summed E-state index contributed by atoms with van der Waals surface area (Å²) < 4.78 is 0. The van der Waals surface area contributed by atoms with Crippen molar-refractivity contribution in [1.82, 2.24) is 5.32 Å². The van der Waals surface area contributed by atoms with Gasteiger partial charge < -0.3 is 11.1 Å². The van der Waals surface area contributed by atoms with Crippen molar-refractivity contribution in [2.24, 2.45) is 5.73 Å². The Hall–Kier alpha value is -0.770. The monoisotopic (exact) mass is 232 g/mol. The summed E-state index contributed by atoms with van der Waals surface area (Å²) in [5.74, 6) is -0.221. The van der Waals surface area contributed by atoms with Crippen LogP contribution in [0, 0.1) is 0 Å². The molecule has 0 saturated carbocycles. The maximum atomic E-state index is 10.9. The number of nitrogens with two attached hydrogens (primary N) is 1. The standard InChI is InChI=1S/C9H10Cl2N2O/c10-7-1-2-8(11)6(3-7)5-13-9(14)4-12/h1-3H,4-5,12H2,(H,13,14). The SMILES string of the molecule is NCC(=O)NCc1cc(Cl)ccc1Cl. The van der Waals surface area contributed by atoms with Gasteiger partial charge in [-0.15, -0.1) is 0 Å². The lowest BCUT2D eigenvalue weighted by Gasteiger charge is -2.06. The molecule has 0 aliphatic rings. The van der Waals surface area contributed by atoms with Crippen molar-refractivity contribution in [3.8, 4) is 0 Å². The number of carbonyl (C=O) groups is 1. The zero-order chi connectivity index (χ0) is 10.6. The normalized spacial score (nSPS) is 9.93. The van der Waals surface area contributed by atoms with E-state index in [9.17, 15) is 4.79 Å². The number of amides is 1. The highest BCUT2D eigenvalue weighted by molar-refractivity contribution is 6.33. The van der Waals surface area contributed by atoms with Crippen molar-refractivity contribution < 1.29 is 4.79 Å². The van der Waals surface area contributed by atoms with E-state index in [0.717, 1.165) is 5.56 Å². The minimum absolute atomic E-state index is 0.0296. The molecular formula is C9H10Cl2N2O. The van der Waals surface area contributed by atoms with Gasteiger partial charge in [-0.1, -0.05) is 23.2 Å². The molecular weight excluding hydrogens is 223 g/mol. The fraction of sp³-hybridized carbons (Fsp3) is 0.222. The highest BCUT2D eigenvalue weighted by Gasteiger charge is 2.02. The molecule has 0 aromatic heterocycles. The molecule has 0 heterocycles. The predicted octanol–water partition coefficient (Wildman–Crippen LogP) is 1.57. The van der Waals surface area contributed by atoms with Crippen LogP contribution in [0.4, 0.5) is 0 Å². The van der Waals surface area contributed by atoms with E-state index in [1.165, 1.54) is 0 Å². The first kappa shape index (κ1) is 11.3. The van der Waals surface area contributed by atoms with E-state index in [0.29, 0.717) is 16.6 Å². The summed E-state index contributed by atoms with van der Waals surface area (Å²) >= 11 is 11.7. The Balaban J connectivity index is 2.66. The first-order valence-electron chi connectivity index (χ1n) is 4.04. The van der Waals surface area contributed by atoms with E-state index >= 15 is 0 Å². The third kappa shape index (κ3) is 3.18. The summed E-state index contributed by atoms with van der Waals surface area (Å²) in [4.78, 5) is 10.9. The van der Waals surface area contributed by atoms with Crippen molar-refractivity contribution >= 4 is 29.1 Å². The highest BCUT2D eigenvalue weighted by Crippen LogP contribution is 2.20. The molecule has 0 unspecified atom stereocenters. The van der Waals surface area contributed by atoms with Gasteiger partial charge in [0.2, 0.25) is 5.91 Å². The second-order valence-electron chi connectivity index (χ2n) is 2.72. The average molecular weight is 233 g/mol. The smallest absolute Gasteiger partial charge is 0.234 e. The Morgan fingerprint density at radius 3 is 2.79 bits per heavy atom. The van der Waals surface area contributed by atoms with Gasteiger partial charge in [-0.05, 0) is 23.8 Å². The molecule has 14 heavy (non-hydrogen) atoms. The predicted molar refractivity (Wildman–Crippen MR) is 57.4 cm³/mol. The number of benzene rings is 1. The summed E-state index contributed by atoms with van der Waals surface area (Å²) in [6.07, 6.45) is 0. The molecule has 0 radical (unpaired) electrons. The highest BCUT2D eigenvalue weighted by atomic mass is 35.5. The van der Waals surface area contributed by atoms with Crippen LogP contribution in [0.25, 0.3) is 0 Å². The lowest BCUT2D eigenvalue weighted by atomic mass is 10.2. The lowest BCUT2D eigenvalue weighted by molar-refractivity contribution is -0.119. The van der Waals surface area contributed by atoms with E-state index in [1.807, 2.05) is 0 Å². The fourth-order valence-electron chi connectivity index (χ4n) is 0.945. The number of hydrogen-bond acceptors (Lipinski definition) is 2. The third-order valence-corrected chi connectivity index (χ3v) is 2.27. The first-order chi connectivity index (χ1) is 6.63. The number of halogens is 2. The van der Waals surface area contributed by atoms with Crippen LogP contribution in [-0.4, -0.2) is 12.5 Å². The fourth-order valence-corrected chi connectivity index (χ4v) is 1.32. The van der Waals surface area contributed by atoms with Gasteiger partial charge in [0, 0.05) is 16.6 Å². The van der Waals surface area contributed by atoms with E-state index in [4.69, 9.17) is 28.9 Å². The number of hydrogen-bond donors (Lipinski definition) is 2. The summed E-state index contributed by atoms with van der Waals surface area (Å²) in [5.41, 5.74) is 5.91. The van der Waals surface area contributed by atoms with Gasteiger partial charge >= 0.3 is 0 Å². The Morgan fingerprint density at radius 2 is 2.14 bits per heavy atom. The number of carbonyl (C=O) groups excluding carboxylic acids is 1. The van der Waals surface area contributed by atoms with E-state index in [-0.39, 0.29) is 12.5 Å². The number of nitrogens with one attached hydrogen (secondary N) is 1. The summed E-state index contributed by atoms with van der Waals surface area (Å²) in [7, 11) is 0. The van der Waals surface area contributed by atoms with E-state index in [2.05, 4.69) is 5.32 Å². The van der Waals surface area contributed by atoms with Gasteiger partial charge in [0.15, 0.2) is 0 Å². The molecule has 0 fully saturated rings. The van der Waals surface area contributed by atoms with Gasteiger partial charge in [0.1, 0.15) is 0 Å². The molecule has 0 bridgehead atoms. The van der Waals surface area contributed by atoms with E-state index < -0.39 is 0 Å². The largest absolute Gasteiger partial charge is 0.351 e. The Kier molecular flexibility index (Phi) is 4.20. The maximum absolute atomic E-state index is 10.9. The van der Waals surface area contributed by atoms with Crippen LogP contribution >= 0.6 is 23.2 Å². The second-order valence-corrected chi connectivity index (χ2v) is 3.56. The Bertz CT molecular complexity index is 342. The molecule has 0 saturated heterocycles. The molecule has 0 aliphatic carbocycles. The summed E-state index contributed by atoms with van der Waals surface area (Å²) in [6, 6.07) is 5.09. The van der Waals surface area contributed by atoms with Crippen LogP contribution in [0.15, 0.2) is 18.2 Å². The van der Waals surface area contributed by atoms with Crippen molar-refractivity contribution in [3.05, 3.63) is 33.8 Å². The molecule has 0 spiro atoms. The van der Waals surface area contributed by atoms with Crippen LogP contribution in [0.3, 0.4) is 0 Å². The molecule has 5 heteroatoms. The van der Waals surface area contributed by atoms with Gasteiger partial charge in [0.25, 0.3) is 0 Å². The molecule has 1 aromatic carbocycles. The van der Waals surface area contributed by atoms with Crippen LogP contribution in [-0.2, 0) is 11.3 Å². The molecule has 3 nitrogen and oxygen atoms in total. The maximum Gasteiger partial charge on any atom is 0.234 e. The average Bonchev–Trinajstić information content (AvgIpc) is 2.19. The second kappa shape index (κ2) is 5.20. The lowest BCUT2D eigenvalue weighted by Crippen LogP contribution is -2.29. The molecule has 1 rings (SSSR count). The van der Waals surface area contributed by atoms with Crippen molar-refractivity contribution in [2.75, 3.05) is 6.54 Å². The van der Waals surface area contributed by atoms with Gasteiger partial charge in [0.05, 0.1) is 6.54 Å². The number of rotatable bonds is 3. The van der Waals surface area contributed by atoms with Gasteiger partial charge in [-0.25, -0.2) is 0 Å². The quantitative estimate of drug-likeness (QED) is 0.832. The molecule has 1 aromatic rings. The zero-order valence-electron chi connectivity index (χ0n) is 7.39. The summed E-state index contributed by atoms with van der Waals surface area (Å²) in [5, 5.41) is 3.77. The zero-order valence-corrected chi connectivity index (χ0v) is 8.90. The van der Waals surface area contributed by atoms with Gasteiger partial charge in [-0.2, -0.15) is 0 Å². The summed E-state index contributed by atoms with van der Waals surface area (Å²) in [6.45, 7) is 0.313. The first-order valence-corrected chi connectivity index (χ1v) is 4.79. The molecule has 0 aliphatic heterocycles. The van der Waals surface area contributed by atoms with Crippen molar-refractivity contribution in [2.45, 2.75) is 6.54 Å². The topological polar surface area (TPSA) is 55.1 Å². The molecule has 1 amide bonds. The van der Waals surface area contributed by atoms with Crippen molar-refractivity contribution in [3.63, 3.8) is 0 Å². The van der Waals surface area contributed by atoms with Crippen LogP contribution in [0.2, 0.25) is 10.0 Å². The van der Waals surface area contributed by atoms with E-state index in [1.54, 1.807) is 18.2 Å². The Morgan fingerprint density at radius 1 is 1.43 bits per heavy atom. The third-order valence-electron chi connectivity index (χ3n) is 1.67. The Labute approximate surface area is 92.2 Å². The van der Waals surface area contributed by atoms with Crippen LogP contribution in [0.5, 0.6) is 0 Å². The molecule has 0 atom stereocenters. The van der Waals surface area contributed by atoms with Crippen LogP contribution < -0.4 is 11.1 Å². The minimum Gasteiger partial charge on any atom is -0.351 e. The van der Waals surface area contributed by atoms with Crippen LogP contribution in [0.1, 0.15) is 5.56 Å².